The zero-order chi connectivity index (χ0) is 13.6. The van der Waals surface area contributed by atoms with Gasteiger partial charge in [0.15, 0.2) is 4.96 Å². The number of rotatable bonds is 3. The third kappa shape index (κ3) is 2.15. The molecule has 1 aliphatic rings. The normalized spacial score (nSPS) is 19.8. The maximum atomic E-state index is 11.9. The summed E-state index contributed by atoms with van der Waals surface area (Å²) >= 11 is 1.70. The second kappa shape index (κ2) is 4.61. The highest BCUT2D eigenvalue weighted by atomic mass is 32.1. The summed E-state index contributed by atoms with van der Waals surface area (Å²) in [6.07, 6.45) is 3.00. The van der Waals surface area contributed by atoms with Gasteiger partial charge in [-0.05, 0) is 20.3 Å². The molecule has 2 aromatic heterocycles. The molecule has 0 radical (unpaired) electrons. The van der Waals surface area contributed by atoms with E-state index < -0.39 is 0 Å². The number of likely N-dealkylation sites (N-methyl/N-ethyl adjacent to an activating group) is 1. The summed E-state index contributed by atoms with van der Waals surface area (Å²) in [6.45, 7) is 5.64. The van der Waals surface area contributed by atoms with Gasteiger partial charge in [0.25, 0.3) is 0 Å². The van der Waals surface area contributed by atoms with Gasteiger partial charge < -0.3 is 10.2 Å². The first-order chi connectivity index (χ1) is 9.06. The van der Waals surface area contributed by atoms with Gasteiger partial charge in [0.1, 0.15) is 0 Å². The monoisotopic (exact) mass is 278 g/mol. The standard InChI is InChI=1S/C13H18N4OS/c1-8-7-17-11(9(2)15-13(17)19-8)6-14-10-4-5-16(3)12(10)18/h7,10,14H,4-6H2,1-3H3. The lowest BCUT2D eigenvalue weighted by Gasteiger charge is -2.12. The summed E-state index contributed by atoms with van der Waals surface area (Å²) < 4.78 is 2.13. The molecule has 1 fully saturated rings. The van der Waals surface area contributed by atoms with Gasteiger partial charge in [0, 0.05) is 31.2 Å². The number of hydrogen-bond donors (Lipinski definition) is 1. The molecule has 1 unspecified atom stereocenters. The van der Waals surface area contributed by atoms with E-state index in [1.807, 2.05) is 14.0 Å². The van der Waals surface area contributed by atoms with Gasteiger partial charge in [-0.25, -0.2) is 4.98 Å². The predicted octanol–water partition coefficient (Wildman–Crippen LogP) is 1.33. The minimum absolute atomic E-state index is 0.0466. The molecule has 0 saturated carbocycles. The number of hydrogen-bond acceptors (Lipinski definition) is 4. The van der Waals surface area contributed by atoms with Crippen LogP contribution in [0, 0.1) is 13.8 Å². The Bertz CT molecular complexity index is 630. The van der Waals surface area contributed by atoms with E-state index in [9.17, 15) is 4.79 Å². The molecule has 1 atom stereocenters. The third-order valence-electron chi connectivity index (χ3n) is 3.68. The number of imidazole rings is 1. The Kier molecular flexibility index (Phi) is 3.06. The van der Waals surface area contributed by atoms with Gasteiger partial charge in [-0.1, -0.05) is 0 Å². The van der Waals surface area contributed by atoms with E-state index in [4.69, 9.17) is 0 Å². The van der Waals surface area contributed by atoms with Gasteiger partial charge in [0.2, 0.25) is 5.91 Å². The van der Waals surface area contributed by atoms with E-state index in [1.54, 1.807) is 16.2 Å². The Hall–Kier alpha value is -1.40. The van der Waals surface area contributed by atoms with E-state index >= 15 is 0 Å². The number of carbonyl (C=O) groups excluding carboxylic acids is 1. The van der Waals surface area contributed by atoms with E-state index in [1.165, 1.54) is 4.88 Å². The molecular weight excluding hydrogens is 260 g/mol. The highest BCUT2D eigenvalue weighted by Gasteiger charge is 2.28. The van der Waals surface area contributed by atoms with Gasteiger partial charge in [0.05, 0.1) is 17.4 Å². The molecule has 102 valence electrons. The van der Waals surface area contributed by atoms with Gasteiger partial charge in [-0.2, -0.15) is 0 Å². The van der Waals surface area contributed by atoms with E-state index in [0.717, 1.165) is 29.3 Å². The molecule has 0 aliphatic carbocycles. The Balaban J connectivity index is 1.78. The Labute approximate surface area is 116 Å². The van der Waals surface area contributed by atoms with Crippen molar-refractivity contribution in [1.82, 2.24) is 19.6 Å². The van der Waals surface area contributed by atoms with Crippen LogP contribution in [0.1, 0.15) is 22.7 Å². The van der Waals surface area contributed by atoms with Crippen LogP contribution in [0.25, 0.3) is 4.96 Å². The van der Waals surface area contributed by atoms with Crippen LogP contribution in [0.3, 0.4) is 0 Å². The first kappa shape index (κ1) is 12.6. The number of aryl methyl sites for hydroxylation is 2. The fourth-order valence-electron chi connectivity index (χ4n) is 2.55. The summed E-state index contributed by atoms with van der Waals surface area (Å²) in [5.41, 5.74) is 2.19. The van der Waals surface area contributed by atoms with Crippen molar-refractivity contribution in [1.29, 1.82) is 0 Å². The molecule has 5 nitrogen and oxygen atoms in total. The van der Waals surface area contributed by atoms with Gasteiger partial charge in [-0.3, -0.25) is 9.20 Å². The molecule has 3 heterocycles. The molecule has 1 N–H and O–H groups in total. The summed E-state index contributed by atoms with van der Waals surface area (Å²) in [4.78, 5) is 20.5. The van der Waals surface area contributed by atoms with Crippen LogP contribution in [0.15, 0.2) is 6.20 Å². The quantitative estimate of drug-likeness (QED) is 0.921. The van der Waals surface area contributed by atoms with Crippen molar-refractivity contribution in [3.63, 3.8) is 0 Å². The van der Waals surface area contributed by atoms with E-state index in [-0.39, 0.29) is 11.9 Å². The van der Waals surface area contributed by atoms with Crippen LogP contribution in [0.5, 0.6) is 0 Å². The first-order valence-electron chi connectivity index (χ1n) is 6.48. The lowest BCUT2D eigenvalue weighted by Crippen LogP contribution is -2.36. The molecule has 0 bridgehead atoms. The van der Waals surface area contributed by atoms with Crippen molar-refractivity contribution in [3.05, 3.63) is 22.5 Å². The van der Waals surface area contributed by atoms with Gasteiger partial charge >= 0.3 is 0 Å². The number of amides is 1. The highest BCUT2D eigenvalue weighted by Crippen LogP contribution is 2.21. The third-order valence-corrected chi connectivity index (χ3v) is 4.58. The Morgan fingerprint density at radius 1 is 1.53 bits per heavy atom. The lowest BCUT2D eigenvalue weighted by atomic mass is 10.2. The number of nitrogens with one attached hydrogen (secondary N) is 1. The topological polar surface area (TPSA) is 49.6 Å². The average molecular weight is 278 g/mol. The van der Waals surface area contributed by atoms with Crippen molar-refractivity contribution in [2.45, 2.75) is 32.9 Å². The predicted molar refractivity (Wildman–Crippen MR) is 75.4 cm³/mol. The molecule has 1 saturated heterocycles. The number of aromatic nitrogens is 2. The van der Waals surface area contributed by atoms with Crippen LogP contribution in [0.4, 0.5) is 0 Å². The maximum Gasteiger partial charge on any atom is 0.239 e. The summed E-state index contributed by atoms with van der Waals surface area (Å²) in [5.74, 6) is 0.194. The van der Waals surface area contributed by atoms with Crippen molar-refractivity contribution >= 4 is 22.2 Å². The molecule has 3 rings (SSSR count). The molecule has 6 heteroatoms. The molecule has 2 aromatic rings. The lowest BCUT2D eigenvalue weighted by molar-refractivity contribution is -0.128. The fraction of sp³-hybridized carbons (Fsp3) is 0.538. The zero-order valence-corrected chi connectivity index (χ0v) is 12.3. The number of carbonyl (C=O) groups is 1. The Morgan fingerprint density at radius 2 is 2.32 bits per heavy atom. The van der Waals surface area contributed by atoms with Crippen LogP contribution in [-0.2, 0) is 11.3 Å². The van der Waals surface area contributed by atoms with E-state index in [2.05, 4.69) is 27.8 Å². The maximum absolute atomic E-state index is 11.9. The molecule has 19 heavy (non-hydrogen) atoms. The largest absolute Gasteiger partial charge is 0.344 e. The van der Waals surface area contributed by atoms with Crippen molar-refractivity contribution < 1.29 is 4.79 Å². The van der Waals surface area contributed by atoms with Crippen LogP contribution < -0.4 is 5.32 Å². The minimum atomic E-state index is -0.0466. The van der Waals surface area contributed by atoms with Crippen LogP contribution in [0.2, 0.25) is 0 Å². The summed E-state index contributed by atoms with van der Waals surface area (Å²) in [7, 11) is 1.86. The van der Waals surface area contributed by atoms with Crippen molar-refractivity contribution in [2.75, 3.05) is 13.6 Å². The van der Waals surface area contributed by atoms with Crippen LogP contribution in [-0.4, -0.2) is 39.8 Å². The number of likely N-dealkylation sites (tertiary alicyclic amines) is 1. The fourth-order valence-corrected chi connectivity index (χ4v) is 3.44. The van der Waals surface area contributed by atoms with Crippen molar-refractivity contribution in [3.8, 4) is 0 Å². The SMILES string of the molecule is Cc1cn2c(CNC3CCN(C)C3=O)c(C)nc2s1. The van der Waals surface area contributed by atoms with E-state index in [0.29, 0.717) is 6.54 Å². The first-order valence-corrected chi connectivity index (χ1v) is 7.30. The van der Waals surface area contributed by atoms with Crippen LogP contribution >= 0.6 is 11.3 Å². The highest BCUT2D eigenvalue weighted by molar-refractivity contribution is 7.17. The number of nitrogens with zero attached hydrogens (tertiary/aromatic N) is 3. The number of thiazole rings is 1. The molecule has 1 amide bonds. The minimum Gasteiger partial charge on any atom is -0.344 e. The smallest absolute Gasteiger partial charge is 0.239 e. The second-order valence-corrected chi connectivity index (χ2v) is 6.33. The zero-order valence-electron chi connectivity index (χ0n) is 11.4. The molecule has 0 spiro atoms. The van der Waals surface area contributed by atoms with Gasteiger partial charge in [-0.15, -0.1) is 11.3 Å². The molecule has 0 aromatic carbocycles. The average Bonchev–Trinajstić information content (AvgIpc) is 2.94. The molecular formula is C13H18N4OS. The Morgan fingerprint density at radius 3 is 3.00 bits per heavy atom. The second-order valence-electron chi connectivity index (χ2n) is 5.12. The summed E-state index contributed by atoms with van der Waals surface area (Å²) in [5, 5.41) is 3.36. The van der Waals surface area contributed by atoms with Crippen molar-refractivity contribution in [2.24, 2.45) is 0 Å². The molecule has 1 aliphatic heterocycles. The number of fused-ring (bicyclic) bond motifs is 1. The summed E-state index contributed by atoms with van der Waals surface area (Å²) in [6, 6.07) is -0.0466.